The average molecular weight is 305 g/mol. The quantitative estimate of drug-likeness (QED) is 0.271. The highest BCUT2D eigenvalue weighted by molar-refractivity contribution is 5.87. The van der Waals surface area contributed by atoms with Crippen LogP contribution in [-0.2, 0) is 14.4 Å². The second-order valence-corrected chi connectivity index (χ2v) is 4.92. The number of nitrogens with two attached hydrogens (primary N) is 2. The zero-order valence-corrected chi connectivity index (χ0v) is 11.9. The number of carboxylic acid groups (broad SMARTS) is 2. The summed E-state index contributed by atoms with van der Waals surface area (Å²) in [4.78, 5) is 33.5. The molecule has 122 valence electrons. The SMILES string of the molecule is CC(CC(=O)O)C(N)C(=O)NC(C(=O)O)C(O)CCCN. The summed E-state index contributed by atoms with van der Waals surface area (Å²) in [6.45, 7) is 1.76. The molecule has 0 fully saturated rings. The maximum Gasteiger partial charge on any atom is 0.328 e. The van der Waals surface area contributed by atoms with Crippen LogP contribution in [0.15, 0.2) is 0 Å². The smallest absolute Gasteiger partial charge is 0.328 e. The van der Waals surface area contributed by atoms with Gasteiger partial charge in [-0.2, -0.15) is 0 Å². The number of carboxylic acids is 2. The fraction of sp³-hybridized carbons (Fsp3) is 0.750. The van der Waals surface area contributed by atoms with Crippen LogP contribution in [0.25, 0.3) is 0 Å². The molecule has 0 bridgehead atoms. The molecule has 0 aromatic heterocycles. The Morgan fingerprint density at radius 2 is 1.81 bits per heavy atom. The third-order valence-corrected chi connectivity index (χ3v) is 3.06. The molecule has 0 aromatic rings. The van der Waals surface area contributed by atoms with Crippen molar-refractivity contribution in [3.8, 4) is 0 Å². The molecular weight excluding hydrogens is 282 g/mol. The highest BCUT2D eigenvalue weighted by atomic mass is 16.4. The molecule has 0 saturated carbocycles. The van der Waals surface area contributed by atoms with E-state index in [2.05, 4.69) is 5.32 Å². The standard InChI is InChI=1S/C12H23N3O6/c1-6(5-8(17)18)9(14)11(19)15-10(12(20)21)7(16)3-2-4-13/h6-7,9-10,16H,2-5,13-14H2,1H3,(H,15,19)(H,17,18)(H,20,21). The van der Waals surface area contributed by atoms with Crippen molar-refractivity contribution in [3.63, 3.8) is 0 Å². The summed E-state index contributed by atoms with van der Waals surface area (Å²) in [5.41, 5.74) is 10.9. The van der Waals surface area contributed by atoms with Gasteiger partial charge in [-0.3, -0.25) is 9.59 Å². The summed E-state index contributed by atoms with van der Waals surface area (Å²) in [6, 6.07) is -2.68. The zero-order chi connectivity index (χ0) is 16.6. The number of amides is 1. The van der Waals surface area contributed by atoms with E-state index in [9.17, 15) is 19.5 Å². The molecule has 0 aliphatic heterocycles. The predicted molar refractivity (Wildman–Crippen MR) is 73.3 cm³/mol. The third kappa shape index (κ3) is 7.02. The lowest BCUT2D eigenvalue weighted by molar-refractivity contribution is -0.146. The fourth-order valence-corrected chi connectivity index (χ4v) is 1.73. The van der Waals surface area contributed by atoms with Gasteiger partial charge in [0.1, 0.15) is 0 Å². The summed E-state index contributed by atoms with van der Waals surface area (Å²) in [7, 11) is 0. The first-order valence-electron chi connectivity index (χ1n) is 6.59. The van der Waals surface area contributed by atoms with Crippen molar-refractivity contribution < 1.29 is 29.7 Å². The minimum atomic E-state index is -1.51. The molecule has 0 spiro atoms. The Morgan fingerprint density at radius 1 is 1.24 bits per heavy atom. The topological polar surface area (TPSA) is 176 Å². The molecule has 1 amide bonds. The first kappa shape index (κ1) is 19.3. The van der Waals surface area contributed by atoms with Crippen LogP contribution >= 0.6 is 0 Å². The molecule has 21 heavy (non-hydrogen) atoms. The van der Waals surface area contributed by atoms with E-state index in [-0.39, 0.29) is 19.4 Å². The second kappa shape index (κ2) is 9.27. The Balaban J connectivity index is 4.66. The van der Waals surface area contributed by atoms with E-state index in [4.69, 9.17) is 21.7 Å². The van der Waals surface area contributed by atoms with Crippen molar-refractivity contribution >= 4 is 17.8 Å². The van der Waals surface area contributed by atoms with E-state index in [1.807, 2.05) is 0 Å². The average Bonchev–Trinajstić information content (AvgIpc) is 2.39. The highest BCUT2D eigenvalue weighted by Crippen LogP contribution is 2.08. The molecule has 0 saturated heterocycles. The van der Waals surface area contributed by atoms with E-state index in [1.165, 1.54) is 6.92 Å². The molecule has 4 unspecified atom stereocenters. The van der Waals surface area contributed by atoms with Gasteiger partial charge in [0.15, 0.2) is 6.04 Å². The van der Waals surface area contributed by atoms with Crippen molar-refractivity contribution in [2.75, 3.05) is 6.54 Å². The summed E-state index contributed by atoms with van der Waals surface area (Å²) < 4.78 is 0. The first-order chi connectivity index (χ1) is 9.70. The normalized spacial score (nSPS) is 16.6. The van der Waals surface area contributed by atoms with Crippen LogP contribution in [0.3, 0.4) is 0 Å². The summed E-state index contributed by atoms with van der Waals surface area (Å²) >= 11 is 0. The van der Waals surface area contributed by atoms with Crippen molar-refractivity contribution in [3.05, 3.63) is 0 Å². The molecule has 8 N–H and O–H groups in total. The van der Waals surface area contributed by atoms with E-state index >= 15 is 0 Å². The number of carbonyl (C=O) groups excluding carboxylic acids is 1. The third-order valence-electron chi connectivity index (χ3n) is 3.06. The van der Waals surface area contributed by atoms with Gasteiger partial charge in [-0.1, -0.05) is 6.92 Å². The molecule has 0 aromatic carbocycles. The molecule has 0 aliphatic rings. The lowest BCUT2D eigenvalue weighted by Gasteiger charge is -2.24. The van der Waals surface area contributed by atoms with Crippen LogP contribution in [0.5, 0.6) is 0 Å². The number of rotatable bonds is 10. The maximum atomic E-state index is 11.8. The van der Waals surface area contributed by atoms with Crippen molar-refractivity contribution in [2.45, 2.75) is 44.4 Å². The number of aliphatic hydroxyl groups is 1. The van der Waals surface area contributed by atoms with Crippen LogP contribution in [0.2, 0.25) is 0 Å². The van der Waals surface area contributed by atoms with Gasteiger partial charge in [-0.05, 0) is 25.3 Å². The first-order valence-corrected chi connectivity index (χ1v) is 6.59. The monoisotopic (exact) mass is 305 g/mol. The Kier molecular flexibility index (Phi) is 8.51. The molecular formula is C12H23N3O6. The molecule has 9 heteroatoms. The van der Waals surface area contributed by atoms with E-state index in [0.29, 0.717) is 6.42 Å². The highest BCUT2D eigenvalue weighted by Gasteiger charge is 2.31. The Bertz CT molecular complexity index is 376. The van der Waals surface area contributed by atoms with Gasteiger partial charge >= 0.3 is 11.9 Å². The van der Waals surface area contributed by atoms with Gasteiger partial charge in [0.25, 0.3) is 0 Å². The largest absolute Gasteiger partial charge is 0.481 e. The summed E-state index contributed by atoms with van der Waals surface area (Å²) in [6.07, 6.45) is -1.09. The number of hydrogen-bond acceptors (Lipinski definition) is 6. The Morgan fingerprint density at radius 3 is 2.24 bits per heavy atom. The van der Waals surface area contributed by atoms with Crippen molar-refractivity contribution in [1.82, 2.24) is 5.32 Å². The Labute approximate surface area is 122 Å². The maximum absolute atomic E-state index is 11.8. The second-order valence-electron chi connectivity index (χ2n) is 4.92. The van der Waals surface area contributed by atoms with Gasteiger partial charge in [-0.15, -0.1) is 0 Å². The molecule has 0 heterocycles. The molecule has 0 rings (SSSR count). The van der Waals surface area contributed by atoms with Gasteiger partial charge in [0.2, 0.25) is 5.91 Å². The fourth-order valence-electron chi connectivity index (χ4n) is 1.73. The summed E-state index contributed by atoms with van der Waals surface area (Å²) in [5, 5.41) is 29.5. The van der Waals surface area contributed by atoms with Crippen LogP contribution < -0.4 is 16.8 Å². The molecule has 9 nitrogen and oxygen atoms in total. The molecule has 0 radical (unpaired) electrons. The minimum absolute atomic E-state index is 0.119. The van der Waals surface area contributed by atoms with Crippen LogP contribution in [-0.4, -0.2) is 57.9 Å². The Hall–Kier alpha value is -1.71. The predicted octanol–water partition coefficient (Wildman–Crippen LogP) is -1.91. The minimum Gasteiger partial charge on any atom is -0.481 e. The number of aliphatic hydroxyl groups excluding tert-OH is 1. The van der Waals surface area contributed by atoms with Gasteiger partial charge in [0, 0.05) is 6.42 Å². The van der Waals surface area contributed by atoms with Crippen LogP contribution in [0.4, 0.5) is 0 Å². The van der Waals surface area contributed by atoms with E-state index < -0.39 is 42.0 Å². The zero-order valence-electron chi connectivity index (χ0n) is 11.9. The van der Waals surface area contributed by atoms with Crippen LogP contribution in [0.1, 0.15) is 26.2 Å². The van der Waals surface area contributed by atoms with Gasteiger partial charge in [-0.25, -0.2) is 4.79 Å². The number of aliphatic carboxylic acids is 2. The number of nitrogens with one attached hydrogen (secondary N) is 1. The lowest BCUT2D eigenvalue weighted by atomic mass is 9.97. The van der Waals surface area contributed by atoms with Gasteiger partial charge < -0.3 is 32.1 Å². The lowest BCUT2D eigenvalue weighted by Crippen LogP contribution is -2.55. The van der Waals surface area contributed by atoms with E-state index in [0.717, 1.165) is 0 Å². The van der Waals surface area contributed by atoms with Gasteiger partial charge in [0.05, 0.1) is 12.1 Å². The van der Waals surface area contributed by atoms with Crippen molar-refractivity contribution in [1.29, 1.82) is 0 Å². The van der Waals surface area contributed by atoms with Crippen LogP contribution in [0, 0.1) is 5.92 Å². The van der Waals surface area contributed by atoms with E-state index in [1.54, 1.807) is 0 Å². The number of carbonyl (C=O) groups is 3. The molecule has 0 aliphatic carbocycles. The number of hydrogen-bond donors (Lipinski definition) is 6. The summed E-state index contributed by atoms with van der Waals surface area (Å²) in [5.74, 6) is -3.99. The van der Waals surface area contributed by atoms with Crippen molar-refractivity contribution in [2.24, 2.45) is 17.4 Å². The molecule has 4 atom stereocenters.